The van der Waals surface area contributed by atoms with Crippen molar-refractivity contribution in [2.24, 2.45) is 0 Å². The molecule has 0 radical (unpaired) electrons. The summed E-state index contributed by atoms with van der Waals surface area (Å²) in [6, 6.07) is 10.6. The zero-order chi connectivity index (χ0) is 29.6. The molecule has 1 atom stereocenters. The summed E-state index contributed by atoms with van der Waals surface area (Å²) in [4.78, 5) is 35.3. The Labute approximate surface area is 242 Å². The second-order valence-electron chi connectivity index (χ2n) is 11.1. The molecule has 8 nitrogen and oxygen atoms in total. The van der Waals surface area contributed by atoms with Gasteiger partial charge in [-0.25, -0.2) is 15.0 Å². The highest BCUT2D eigenvalue weighted by Gasteiger charge is 2.40. The van der Waals surface area contributed by atoms with E-state index in [1.807, 2.05) is 0 Å². The summed E-state index contributed by atoms with van der Waals surface area (Å²) in [6.45, 7) is 14.1. The van der Waals surface area contributed by atoms with Gasteiger partial charge in [-0.05, 0) is 43.5 Å². The minimum absolute atomic E-state index is 0.0214. The van der Waals surface area contributed by atoms with Crippen molar-refractivity contribution in [3.8, 4) is 6.07 Å². The molecule has 1 aromatic heterocycles. The number of anilines is 1. The molecule has 2 heterocycles. The van der Waals surface area contributed by atoms with Crippen LogP contribution in [0.3, 0.4) is 0 Å². The lowest BCUT2D eigenvalue weighted by atomic mass is 9.89. The maximum atomic E-state index is 13.9. The van der Waals surface area contributed by atoms with E-state index in [0.717, 1.165) is 64.5 Å². The van der Waals surface area contributed by atoms with Crippen molar-refractivity contribution in [3.63, 3.8) is 0 Å². The molecular formula is C31H41N5O3S. The van der Waals surface area contributed by atoms with E-state index in [2.05, 4.69) is 45.6 Å². The smallest absolute Gasteiger partial charge is 0.275 e. The zero-order valence-corrected chi connectivity index (χ0v) is 25.5. The molecule has 9 heteroatoms. The highest BCUT2D eigenvalue weighted by molar-refractivity contribution is 7.16. The molecular weight excluding hydrogens is 522 g/mol. The first-order chi connectivity index (χ1) is 19.0. The van der Waals surface area contributed by atoms with Gasteiger partial charge in [-0.2, -0.15) is 5.26 Å². The molecule has 0 spiro atoms. The summed E-state index contributed by atoms with van der Waals surface area (Å²) in [7, 11) is 1.43. The van der Waals surface area contributed by atoms with Gasteiger partial charge in [-0.3, -0.25) is 9.59 Å². The number of hydrogen-bond acceptors (Lipinski definition) is 7. The second kappa shape index (κ2) is 13.2. The predicted molar refractivity (Wildman–Crippen MR) is 161 cm³/mol. The van der Waals surface area contributed by atoms with Gasteiger partial charge in [0.2, 0.25) is 0 Å². The van der Waals surface area contributed by atoms with E-state index in [1.165, 1.54) is 18.4 Å². The van der Waals surface area contributed by atoms with Gasteiger partial charge >= 0.3 is 0 Å². The molecule has 3 rings (SSSR count). The van der Waals surface area contributed by atoms with Crippen molar-refractivity contribution in [3.05, 3.63) is 63.2 Å². The van der Waals surface area contributed by atoms with Crippen molar-refractivity contribution < 1.29 is 14.7 Å². The quantitative estimate of drug-likeness (QED) is 0.360. The number of hydrogen-bond donors (Lipinski definition) is 1. The van der Waals surface area contributed by atoms with Crippen LogP contribution in [0.25, 0.3) is 6.08 Å². The number of carbonyl (C=O) groups is 2. The van der Waals surface area contributed by atoms with E-state index < -0.39 is 18.0 Å². The molecule has 1 aliphatic heterocycles. The van der Waals surface area contributed by atoms with Gasteiger partial charge < -0.3 is 10.0 Å². The molecule has 1 N–H and O–H groups in total. The fraction of sp³-hybridized carbons (Fsp3) is 0.484. The Balaban J connectivity index is 2.12. The molecule has 1 unspecified atom stereocenters. The topological polar surface area (TPSA) is 101 Å². The van der Waals surface area contributed by atoms with Gasteiger partial charge in [-0.1, -0.05) is 77.0 Å². The third-order valence-electron chi connectivity index (χ3n) is 6.96. The number of nitriles is 1. The van der Waals surface area contributed by atoms with Crippen molar-refractivity contribution >= 4 is 34.4 Å². The third-order valence-corrected chi connectivity index (χ3v) is 8.02. The van der Waals surface area contributed by atoms with Crippen LogP contribution < -0.4 is 4.90 Å². The lowest BCUT2D eigenvalue weighted by Crippen LogP contribution is -2.56. The Hall–Kier alpha value is -3.48. The number of aromatic nitrogens is 1. The number of aliphatic hydroxyl groups excluding tert-OH is 1. The largest absolute Gasteiger partial charge is 0.367 e. The van der Waals surface area contributed by atoms with Gasteiger partial charge in [0.1, 0.15) is 0 Å². The molecule has 1 aromatic carbocycles. The molecule has 0 aliphatic carbocycles. The van der Waals surface area contributed by atoms with Crippen LogP contribution in [0, 0.1) is 11.3 Å². The summed E-state index contributed by atoms with van der Waals surface area (Å²) >= 11 is 1.53. The van der Waals surface area contributed by atoms with Crippen molar-refractivity contribution in [2.45, 2.75) is 78.9 Å². The van der Waals surface area contributed by atoms with Gasteiger partial charge in [0.25, 0.3) is 11.8 Å². The Kier molecular flexibility index (Phi) is 10.3. The van der Waals surface area contributed by atoms with E-state index in [4.69, 9.17) is 4.98 Å². The number of aliphatic hydroxyl groups is 1. The van der Waals surface area contributed by atoms with Crippen LogP contribution >= 0.6 is 11.3 Å². The van der Waals surface area contributed by atoms with Crippen LogP contribution in [0.1, 0.15) is 88.2 Å². The molecule has 40 heavy (non-hydrogen) atoms. The van der Waals surface area contributed by atoms with E-state index in [9.17, 15) is 20.0 Å². The lowest BCUT2D eigenvalue weighted by Gasteiger charge is -2.39. The molecule has 0 saturated carbocycles. The van der Waals surface area contributed by atoms with Gasteiger partial charge in [0.05, 0.1) is 22.2 Å². The Morgan fingerprint density at radius 1 is 1.18 bits per heavy atom. The number of rotatable bonds is 10. The second-order valence-corrected chi connectivity index (χ2v) is 12.1. The molecule has 214 valence electrons. The van der Waals surface area contributed by atoms with E-state index in [-0.39, 0.29) is 16.6 Å². The summed E-state index contributed by atoms with van der Waals surface area (Å²) < 4.78 is 0. The first-order valence-corrected chi connectivity index (χ1v) is 14.7. The average molecular weight is 564 g/mol. The monoisotopic (exact) mass is 563 g/mol. The van der Waals surface area contributed by atoms with Crippen LogP contribution in [0.4, 0.5) is 5.13 Å². The zero-order valence-electron chi connectivity index (χ0n) is 24.7. The van der Waals surface area contributed by atoms with Gasteiger partial charge in [0.15, 0.2) is 11.4 Å². The SMILES string of the molecule is CCCCN(CCCC)c1nc(C(C)(C)C)c(/C=C2\C(=O)N(N(C)C(=O)c3ccccc3)C(O)C(C#N)=C2C)s1. The Morgan fingerprint density at radius 3 is 2.30 bits per heavy atom. The third kappa shape index (κ3) is 6.62. The van der Waals surface area contributed by atoms with Gasteiger partial charge in [-0.15, -0.1) is 0 Å². The van der Waals surface area contributed by atoms with Crippen molar-refractivity contribution in [1.82, 2.24) is 15.0 Å². The first kappa shape index (κ1) is 31.1. The van der Waals surface area contributed by atoms with Crippen LogP contribution in [0.15, 0.2) is 47.1 Å². The number of carbonyl (C=O) groups excluding carboxylic acids is 2. The molecule has 2 aromatic rings. The maximum Gasteiger partial charge on any atom is 0.275 e. The number of benzene rings is 1. The van der Waals surface area contributed by atoms with Crippen molar-refractivity contribution in [2.75, 3.05) is 25.0 Å². The highest BCUT2D eigenvalue weighted by atomic mass is 32.1. The fourth-order valence-corrected chi connectivity index (χ4v) is 5.83. The maximum absolute atomic E-state index is 13.9. The van der Waals surface area contributed by atoms with Crippen LogP contribution in [-0.4, -0.2) is 58.3 Å². The standard InChI is InChI=1S/C31H41N5O3S/c1-8-10-17-35(18-11-9-2)30-33-26(31(4,5)6)25(40-30)19-23-21(3)24(20-32)29(39)36(28(23)38)34(7)27(37)22-15-13-12-14-16-22/h12-16,19,29,39H,8-11,17-18H2,1-7H3/b23-19-. The summed E-state index contributed by atoms with van der Waals surface area (Å²) in [6.07, 6.45) is 4.48. The average Bonchev–Trinajstić information content (AvgIpc) is 3.36. The molecule has 0 bridgehead atoms. The van der Waals surface area contributed by atoms with E-state index in [0.29, 0.717) is 11.1 Å². The minimum Gasteiger partial charge on any atom is -0.367 e. The summed E-state index contributed by atoms with van der Waals surface area (Å²) in [5, 5.41) is 23.9. The number of nitrogens with zero attached hydrogens (tertiary/aromatic N) is 5. The normalized spacial score (nSPS) is 16.9. The number of unbranched alkanes of at least 4 members (excludes halogenated alkanes) is 2. The Bertz CT molecular complexity index is 1310. The number of thiazole rings is 1. The van der Waals surface area contributed by atoms with E-state index >= 15 is 0 Å². The minimum atomic E-state index is -1.58. The van der Waals surface area contributed by atoms with Crippen LogP contribution in [0.5, 0.6) is 0 Å². The van der Waals surface area contributed by atoms with Gasteiger partial charge in [0, 0.05) is 36.7 Å². The van der Waals surface area contributed by atoms with E-state index in [1.54, 1.807) is 43.3 Å². The molecule has 0 fully saturated rings. The summed E-state index contributed by atoms with van der Waals surface area (Å²) in [5.41, 5.74) is 1.59. The van der Waals surface area contributed by atoms with Crippen LogP contribution in [-0.2, 0) is 10.2 Å². The fourth-order valence-electron chi connectivity index (χ4n) is 4.56. The molecule has 1 aliphatic rings. The molecule has 0 saturated heterocycles. The summed E-state index contributed by atoms with van der Waals surface area (Å²) in [5.74, 6) is -1.03. The number of hydrazine groups is 1. The lowest BCUT2D eigenvalue weighted by molar-refractivity contribution is -0.155. The highest BCUT2D eigenvalue weighted by Crippen LogP contribution is 2.38. The van der Waals surface area contributed by atoms with Crippen molar-refractivity contribution in [1.29, 1.82) is 5.26 Å². The Morgan fingerprint density at radius 2 is 1.77 bits per heavy atom. The number of amides is 2. The first-order valence-electron chi connectivity index (χ1n) is 13.9. The van der Waals surface area contributed by atoms with Crippen LogP contribution in [0.2, 0.25) is 0 Å². The molecule has 2 amide bonds. The predicted octanol–water partition coefficient (Wildman–Crippen LogP) is 5.92.